The molecule has 5 aromatic rings. The van der Waals surface area contributed by atoms with Crippen LogP contribution in [-0.4, -0.2) is 44.5 Å². The molecular formula is C33H31ClN4O6. The molecule has 5 rings (SSSR count). The number of pyridine rings is 2. The van der Waals surface area contributed by atoms with Crippen molar-refractivity contribution < 1.29 is 28.5 Å². The van der Waals surface area contributed by atoms with Crippen LogP contribution < -0.4 is 33.9 Å². The topological polar surface area (TPSA) is 104 Å². The van der Waals surface area contributed by atoms with E-state index in [-0.39, 0.29) is 5.15 Å². The van der Waals surface area contributed by atoms with Gasteiger partial charge in [-0.25, -0.2) is 14.8 Å². The van der Waals surface area contributed by atoms with Crippen molar-refractivity contribution in [2.24, 2.45) is 0 Å². The Morgan fingerprint density at radius 2 is 1.39 bits per heavy atom. The first kappa shape index (κ1) is 30.2. The molecule has 11 heteroatoms. The molecule has 2 heterocycles. The van der Waals surface area contributed by atoms with Crippen molar-refractivity contribution in [3.63, 3.8) is 0 Å². The lowest BCUT2D eigenvalue weighted by atomic mass is 10.1. The summed E-state index contributed by atoms with van der Waals surface area (Å²) < 4.78 is 27.5. The van der Waals surface area contributed by atoms with Crippen molar-refractivity contribution in [2.45, 2.75) is 13.1 Å². The Hall–Kier alpha value is -5.22. The van der Waals surface area contributed by atoms with Gasteiger partial charge in [-0.05, 0) is 53.9 Å². The van der Waals surface area contributed by atoms with Crippen LogP contribution in [0.25, 0.3) is 10.8 Å². The van der Waals surface area contributed by atoms with Gasteiger partial charge in [0.1, 0.15) is 45.5 Å². The fraction of sp³-hybridized carbons (Fsp3) is 0.182. The molecular weight excluding hydrogens is 584 g/mol. The van der Waals surface area contributed by atoms with Gasteiger partial charge in [0.25, 0.3) is 0 Å². The van der Waals surface area contributed by atoms with Gasteiger partial charge in [0.05, 0.1) is 28.4 Å². The fourth-order valence-electron chi connectivity index (χ4n) is 4.72. The molecule has 44 heavy (non-hydrogen) atoms. The van der Waals surface area contributed by atoms with Crippen LogP contribution in [0.4, 0.5) is 16.4 Å². The Bertz CT molecular complexity index is 1710. The maximum Gasteiger partial charge on any atom is 0.418 e. The first-order valence-corrected chi connectivity index (χ1v) is 14.0. The van der Waals surface area contributed by atoms with Crippen molar-refractivity contribution in [3.8, 4) is 28.7 Å². The summed E-state index contributed by atoms with van der Waals surface area (Å²) in [5, 5.41) is 4.38. The number of rotatable bonds is 11. The molecule has 0 saturated carbocycles. The van der Waals surface area contributed by atoms with Gasteiger partial charge in [0.2, 0.25) is 0 Å². The quantitative estimate of drug-likeness (QED) is 0.155. The van der Waals surface area contributed by atoms with Gasteiger partial charge < -0.3 is 28.6 Å². The zero-order valence-electron chi connectivity index (χ0n) is 24.7. The molecule has 0 aliphatic heterocycles. The van der Waals surface area contributed by atoms with E-state index in [9.17, 15) is 4.79 Å². The highest BCUT2D eigenvalue weighted by Crippen LogP contribution is 2.35. The molecule has 2 aromatic heterocycles. The Balaban J connectivity index is 1.54. The van der Waals surface area contributed by atoms with Gasteiger partial charge in [0, 0.05) is 47.9 Å². The summed E-state index contributed by atoms with van der Waals surface area (Å²) in [6.45, 7) is 0.794. The SMILES string of the molecule is COc1ccc(CN(Cc2ccc(OC)cc2OC)c2nc(Cl)cc3cc(NC(=O)Oc4ccccc4)ncc23)c(OC)c1. The van der Waals surface area contributed by atoms with Crippen LogP contribution in [0, 0.1) is 0 Å². The van der Waals surface area contributed by atoms with Crippen LogP contribution in [0.15, 0.2) is 85.1 Å². The fourth-order valence-corrected chi connectivity index (χ4v) is 4.91. The number of hydrogen-bond donors (Lipinski definition) is 1. The number of benzene rings is 3. The van der Waals surface area contributed by atoms with Gasteiger partial charge in [-0.15, -0.1) is 0 Å². The standard InChI is InChI=1S/C33H31ClN4O6/c1-40-25-12-10-21(28(16-25)42-3)19-38(20-22-11-13-26(41-2)17-29(22)43-4)32-27-18-35-31(15-23(27)14-30(34)36-32)37-33(39)44-24-8-6-5-7-9-24/h5-18H,19-20H2,1-4H3,(H,35,37,39). The molecule has 1 amide bonds. The third-order valence-electron chi connectivity index (χ3n) is 6.86. The van der Waals surface area contributed by atoms with Crippen LogP contribution in [0.1, 0.15) is 11.1 Å². The normalized spacial score (nSPS) is 10.7. The lowest BCUT2D eigenvalue weighted by molar-refractivity contribution is 0.215. The predicted molar refractivity (Wildman–Crippen MR) is 170 cm³/mol. The highest BCUT2D eigenvalue weighted by molar-refractivity contribution is 6.30. The number of amides is 1. The summed E-state index contributed by atoms with van der Waals surface area (Å²) in [5.41, 5.74) is 1.79. The van der Waals surface area contributed by atoms with Crippen LogP contribution in [0.5, 0.6) is 28.7 Å². The summed E-state index contributed by atoms with van der Waals surface area (Å²) in [5.74, 6) is 3.96. The number of ether oxygens (including phenoxy) is 5. The molecule has 3 aromatic carbocycles. The first-order valence-electron chi connectivity index (χ1n) is 13.6. The van der Waals surface area contributed by atoms with E-state index < -0.39 is 6.09 Å². The Kier molecular flexibility index (Phi) is 9.51. The molecule has 0 bridgehead atoms. The van der Waals surface area contributed by atoms with Crippen molar-refractivity contribution in [2.75, 3.05) is 38.7 Å². The number of hydrogen-bond acceptors (Lipinski definition) is 9. The lowest BCUT2D eigenvalue weighted by Crippen LogP contribution is -2.24. The number of fused-ring (bicyclic) bond motifs is 1. The van der Waals surface area contributed by atoms with E-state index >= 15 is 0 Å². The van der Waals surface area contributed by atoms with Gasteiger partial charge in [-0.1, -0.05) is 29.8 Å². The highest BCUT2D eigenvalue weighted by Gasteiger charge is 2.20. The summed E-state index contributed by atoms with van der Waals surface area (Å²) >= 11 is 6.58. The minimum atomic E-state index is -0.664. The van der Waals surface area contributed by atoms with E-state index in [4.69, 9.17) is 40.3 Å². The number of aromatic nitrogens is 2. The predicted octanol–water partition coefficient (Wildman–Crippen LogP) is 7.14. The summed E-state index contributed by atoms with van der Waals surface area (Å²) in [6.07, 6.45) is 0.985. The maximum atomic E-state index is 12.5. The third kappa shape index (κ3) is 7.04. The minimum absolute atomic E-state index is 0.268. The van der Waals surface area contributed by atoms with E-state index in [1.807, 2.05) is 42.5 Å². The van der Waals surface area contributed by atoms with Gasteiger partial charge in [-0.2, -0.15) is 0 Å². The third-order valence-corrected chi connectivity index (χ3v) is 7.05. The average Bonchev–Trinajstić information content (AvgIpc) is 3.04. The number of halogens is 1. The van der Waals surface area contributed by atoms with E-state index in [0.29, 0.717) is 53.5 Å². The smallest absolute Gasteiger partial charge is 0.418 e. The van der Waals surface area contributed by atoms with E-state index in [1.54, 1.807) is 71.0 Å². The second-order valence-electron chi connectivity index (χ2n) is 9.60. The van der Waals surface area contributed by atoms with E-state index in [0.717, 1.165) is 21.9 Å². The van der Waals surface area contributed by atoms with Crippen molar-refractivity contribution in [1.29, 1.82) is 0 Å². The highest BCUT2D eigenvalue weighted by atomic mass is 35.5. The minimum Gasteiger partial charge on any atom is -0.497 e. The molecule has 0 aliphatic carbocycles. The second kappa shape index (κ2) is 13.8. The molecule has 0 unspecified atom stereocenters. The number of para-hydroxylation sites is 1. The summed E-state index contributed by atoms with van der Waals surface area (Å²) in [4.78, 5) is 23.8. The number of carbonyl (C=O) groups excluding carboxylic acids is 1. The molecule has 0 atom stereocenters. The molecule has 1 N–H and O–H groups in total. The van der Waals surface area contributed by atoms with Crippen molar-refractivity contribution >= 4 is 40.1 Å². The number of nitrogens with one attached hydrogen (secondary N) is 1. The monoisotopic (exact) mass is 614 g/mol. The summed E-state index contributed by atoms with van der Waals surface area (Å²) in [7, 11) is 6.44. The van der Waals surface area contributed by atoms with Gasteiger partial charge in [0.15, 0.2) is 0 Å². The molecule has 0 spiro atoms. The zero-order chi connectivity index (χ0) is 31.1. The van der Waals surface area contributed by atoms with E-state index in [1.165, 1.54) is 0 Å². The number of methoxy groups -OCH3 is 4. The van der Waals surface area contributed by atoms with Gasteiger partial charge >= 0.3 is 6.09 Å². The van der Waals surface area contributed by atoms with Crippen LogP contribution in [0.3, 0.4) is 0 Å². The molecule has 0 fully saturated rings. The van der Waals surface area contributed by atoms with E-state index in [2.05, 4.69) is 15.2 Å². The number of carbonyl (C=O) groups is 1. The number of anilines is 2. The Morgan fingerprint density at radius 1 is 0.773 bits per heavy atom. The van der Waals surface area contributed by atoms with Crippen molar-refractivity contribution in [1.82, 2.24) is 9.97 Å². The van der Waals surface area contributed by atoms with Gasteiger partial charge in [-0.3, -0.25) is 5.32 Å². The Morgan fingerprint density at radius 3 is 1.95 bits per heavy atom. The van der Waals surface area contributed by atoms with Crippen molar-refractivity contribution in [3.05, 3.63) is 101 Å². The molecule has 0 aliphatic rings. The maximum absolute atomic E-state index is 12.5. The Labute approximate surface area is 260 Å². The largest absolute Gasteiger partial charge is 0.497 e. The first-order chi connectivity index (χ1) is 21.4. The molecule has 10 nitrogen and oxygen atoms in total. The lowest BCUT2D eigenvalue weighted by Gasteiger charge is -2.27. The number of nitrogens with zero attached hydrogens (tertiary/aromatic N) is 3. The molecule has 0 saturated heterocycles. The molecule has 226 valence electrons. The van der Waals surface area contributed by atoms with Crippen LogP contribution in [-0.2, 0) is 13.1 Å². The summed E-state index contributed by atoms with van der Waals surface area (Å²) in [6, 6.07) is 23.5. The van der Waals surface area contributed by atoms with Crippen LogP contribution in [0.2, 0.25) is 5.15 Å². The van der Waals surface area contributed by atoms with Crippen LogP contribution >= 0.6 is 11.6 Å². The molecule has 0 radical (unpaired) electrons. The average molecular weight is 615 g/mol. The zero-order valence-corrected chi connectivity index (χ0v) is 25.4. The second-order valence-corrected chi connectivity index (χ2v) is 9.99.